The molecule has 19 heavy (non-hydrogen) atoms. The van der Waals surface area contributed by atoms with Crippen LogP contribution < -0.4 is 0 Å². The summed E-state index contributed by atoms with van der Waals surface area (Å²) in [5.41, 5.74) is 0. The van der Waals surface area contributed by atoms with Crippen LogP contribution in [-0.4, -0.2) is 17.0 Å². The molecule has 3 heteroatoms. The zero-order valence-electron chi connectivity index (χ0n) is 11.5. The highest BCUT2D eigenvalue weighted by molar-refractivity contribution is 7.99. The summed E-state index contributed by atoms with van der Waals surface area (Å²) in [6.07, 6.45) is 5.68. The van der Waals surface area contributed by atoms with Gasteiger partial charge in [-0.1, -0.05) is 38.3 Å². The summed E-state index contributed by atoms with van der Waals surface area (Å²) >= 11 is 1.43. The average molecular weight is 282 g/mol. The van der Waals surface area contributed by atoms with E-state index in [1.54, 1.807) is 12.1 Å². The molecule has 1 aliphatic carbocycles. The van der Waals surface area contributed by atoms with Gasteiger partial charge in [-0.15, -0.1) is 11.8 Å². The number of benzene rings is 1. The molecule has 1 fully saturated rings. The molecule has 0 spiro atoms. The summed E-state index contributed by atoms with van der Waals surface area (Å²) in [5, 5.41) is 10.2. The minimum absolute atomic E-state index is 0.186. The van der Waals surface area contributed by atoms with Crippen LogP contribution in [0.4, 0.5) is 4.39 Å². The van der Waals surface area contributed by atoms with Gasteiger partial charge in [0.05, 0.1) is 6.10 Å². The summed E-state index contributed by atoms with van der Waals surface area (Å²) in [4.78, 5) is 0.642. The van der Waals surface area contributed by atoms with E-state index in [4.69, 9.17) is 0 Å². The van der Waals surface area contributed by atoms with Crippen LogP contribution in [0, 0.1) is 17.7 Å². The third-order valence-electron chi connectivity index (χ3n) is 4.26. The van der Waals surface area contributed by atoms with E-state index in [-0.39, 0.29) is 11.9 Å². The molecule has 1 nitrogen and oxygen atoms in total. The van der Waals surface area contributed by atoms with Crippen molar-refractivity contribution in [2.45, 2.75) is 50.0 Å². The lowest BCUT2D eigenvalue weighted by Gasteiger charge is -2.30. The highest BCUT2D eigenvalue weighted by atomic mass is 32.2. The molecular weight excluding hydrogens is 259 g/mol. The molecule has 0 saturated heterocycles. The van der Waals surface area contributed by atoms with Crippen molar-refractivity contribution in [3.05, 3.63) is 30.1 Å². The molecule has 106 valence electrons. The van der Waals surface area contributed by atoms with Crippen LogP contribution in [0.5, 0.6) is 0 Å². The second-order valence-electron chi connectivity index (χ2n) is 5.50. The lowest BCUT2D eigenvalue weighted by molar-refractivity contribution is 0.0916. The summed E-state index contributed by atoms with van der Waals surface area (Å²) in [6.45, 7) is 2.25. The minimum atomic E-state index is -0.303. The predicted octanol–water partition coefficient (Wildman–Crippen LogP) is 4.50. The molecule has 1 unspecified atom stereocenters. The molecule has 0 radical (unpaired) electrons. The third-order valence-corrected chi connectivity index (χ3v) is 5.41. The Morgan fingerprint density at radius 3 is 2.58 bits per heavy atom. The van der Waals surface area contributed by atoms with E-state index in [0.29, 0.717) is 16.6 Å². The van der Waals surface area contributed by atoms with E-state index >= 15 is 0 Å². The number of thioether (sulfide) groups is 1. The van der Waals surface area contributed by atoms with Crippen LogP contribution in [0.15, 0.2) is 29.2 Å². The number of rotatable bonds is 5. The highest BCUT2D eigenvalue weighted by Gasteiger charge is 2.25. The summed E-state index contributed by atoms with van der Waals surface area (Å²) in [5.74, 6) is 1.67. The Labute approximate surface area is 119 Å². The van der Waals surface area contributed by atoms with E-state index in [0.717, 1.165) is 18.8 Å². The third kappa shape index (κ3) is 4.22. The van der Waals surface area contributed by atoms with Crippen LogP contribution >= 0.6 is 11.8 Å². The van der Waals surface area contributed by atoms with Gasteiger partial charge in [-0.3, -0.25) is 0 Å². The molecule has 2 rings (SSSR count). The van der Waals surface area contributed by atoms with Gasteiger partial charge < -0.3 is 5.11 Å². The largest absolute Gasteiger partial charge is 0.392 e. The Hall–Kier alpha value is -0.540. The summed E-state index contributed by atoms with van der Waals surface area (Å²) < 4.78 is 13.5. The van der Waals surface area contributed by atoms with Crippen molar-refractivity contribution in [3.63, 3.8) is 0 Å². The Bertz CT molecular complexity index is 388. The first kappa shape index (κ1) is 14.9. The van der Waals surface area contributed by atoms with Gasteiger partial charge in [0.25, 0.3) is 0 Å². The van der Waals surface area contributed by atoms with Crippen molar-refractivity contribution in [1.29, 1.82) is 0 Å². The van der Waals surface area contributed by atoms with Crippen molar-refractivity contribution in [1.82, 2.24) is 0 Å². The van der Waals surface area contributed by atoms with Crippen LogP contribution in [0.25, 0.3) is 0 Å². The quantitative estimate of drug-likeness (QED) is 0.803. The smallest absolute Gasteiger partial charge is 0.136 e. The number of aliphatic hydroxyl groups is 1. The van der Waals surface area contributed by atoms with Crippen molar-refractivity contribution < 1.29 is 9.50 Å². The number of hydrogen-bond donors (Lipinski definition) is 1. The van der Waals surface area contributed by atoms with Gasteiger partial charge in [-0.25, -0.2) is 4.39 Å². The maximum Gasteiger partial charge on any atom is 0.136 e. The predicted molar refractivity (Wildman–Crippen MR) is 78.9 cm³/mol. The van der Waals surface area contributed by atoms with Gasteiger partial charge in [-0.2, -0.15) is 0 Å². The van der Waals surface area contributed by atoms with Crippen molar-refractivity contribution in [3.8, 4) is 0 Å². The molecule has 1 atom stereocenters. The van der Waals surface area contributed by atoms with E-state index < -0.39 is 0 Å². The fraction of sp³-hybridized carbons (Fsp3) is 0.625. The summed E-state index contributed by atoms with van der Waals surface area (Å²) in [6, 6.07) is 6.79. The number of halogens is 1. The maximum absolute atomic E-state index is 13.5. The van der Waals surface area contributed by atoms with Crippen molar-refractivity contribution >= 4 is 11.8 Å². The fourth-order valence-corrected chi connectivity index (χ4v) is 3.86. The van der Waals surface area contributed by atoms with Crippen molar-refractivity contribution in [2.75, 3.05) is 5.75 Å². The normalized spacial score (nSPS) is 25.2. The SMILES string of the molecule is CCC1CCC(C(O)CSc2ccccc2F)CC1. The van der Waals surface area contributed by atoms with E-state index in [2.05, 4.69) is 6.92 Å². The second-order valence-corrected chi connectivity index (χ2v) is 6.56. The van der Waals surface area contributed by atoms with Gasteiger partial charge in [0.15, 0.2) is 0 Å². The molecule has 0 aliphatic heterocycles. The average Bonchev–Trinajstić information content (AvgIpc) is 2.46. The van der Waals surface area contributed by atoms with Gasteiger partial charge >= 0.3 is 0 Å². The molecule has 1 aromatic carbocycles. The molecular formula is C16H23FOS. The highest BCUT2D eigenvalue weighted by Crippen LogP contribution is 2.34. The minimum Gasteiger partial charge on any atom is -0.392 e. The zero-order chi connectivity index (χ0) is 13.7. The Kier molecular flexibility index (Phi) is 5.71. The molecule has 1 aliphatic rings. The van der Waals surface area contributed by atoms with E-state index in [1.165, 1.54) is 37.1 Å². The Morgan fingerprint density at radius 2 is 1.95 bits per heavy atom. The number of aliphatic hydroxyl groups excluding tert-OH is 1. The summed E-state index contributed by atoms with van der Waals surface area (Å²) in [7, 11) is 0. The number of hydrogen-bond acceptors (Lipinski definition) is 2. The molecule has 0 amide bonds. The Balaban J connectivity index is 1.79. The van der Waals surface area contributed by atoms with Crippen LogP contribution in [0.3, 0.4) is 0 Å². The van der Waals surface area contributed by atoms with Crippen LogP contribution in [-0.2, 0) is 0 Å². The van der Waals surface area contributed by atoms with Gasteiger partial charge in [0.1, 0.15) is 5.82 Å². The van der Waals surface area contributed by atoms with E-state index in [1.807, 2.05) is 6.07 Å². The molecule has 0 aromatic heterocycles. The van der Waals surface area contributed by atoms with Crippen LogP contribution in [0.2, 0.25) is 0 Å². The topological polar surface area (TPSA) is 20.2 Å². The second kappa shape index (κ2) is 7.30. The molecule has 1 N–H and O–H groups in total. The van der Waals surface area contributed by atoms with E-state index in [9.17, 15) is 9.50 Å². The monoisotopic (exact) mass is 282 g/mol. The first-order valence-electron chi connectivity index (χ1n) is 7.26. The van der Waals surface area contributed by atoms with Gasteiger partial charge in [0.2, 0.25) is 0 Å². The molecule has 0 heterocycles. The zero-order valence-corrected chi connectivity index (χ0v) is 12.3. The first-order chi connectivity index (χ1) is 9.20. The molecule has 1 saturated carbocycles. The van der Waals surface area contributed by atoms with Crippen molar-refractivity contribution in [2.24, 2.45) is 11.8 Å². The molecule has 1 aromatic rings. The lowest BCUT2D eigenvalue weighted by Crippen LogP contribution is -2.27. The first-order valence-corrected chi connectivity index (χ1v) is 8.24. The lowest BCUT2D eigenvalue weighted by atomic mass is 9.79. The van der Waals surface area contributed by atoms with Gasteiger partial charge in [-0.05, 0) is 36.8 Å². The van der Waals surface area contributed by atoms with Gasteiger partial charge in [0, 0.05) is 10.6 Å². The Morgan fingerprint density at radius 1 is 1.26 bits per heavy atom. The van der Waals surface area contributed by atoms with Crippen LogP contribution in [0.1, 0.15) is 39.0 Å². The molecule has 0 bridgehead atoms. The maximum atomic E-state index is 13.5. The fourth-order valence-electron chi connectivity index (χ4n) is 2.85. The standard InChI is InChI=1S/C16H23FOS/c1-2-12-7-9-13(10-8-12)15(18)11-19-16-6-4-3-5-14(16)17/h3-6,12-13,15,18H,2,7-11H2,1H3.